The first-order chi connectivity index (χ1) is 9.11. The van der Waals surface area contributed by atoms with E-state index in [-0.39, 0.29) is 11.9 Å². The number of esters is 1. The quantitative estimate of drug-likeness (QED) is 0.756. The van der Waals surface area contributed by atoms with Gasteiger partial charge in [-0.15, -0.1) is 0 Å². The fourth-order valence-electron chi connectivity index (χ4n) is 2.04. The Hall–Kier alpha value is -2.17. The minimum Gasteiger partial charge on any atom is -0.465 e. The van der Waals surface area contributed by atoms with Gasteiger partial charge in [0.05, 0.1) is 18.4 Å². The number of rotatable bonds is 2. The molecule has 0 N–H and O–H groups in total. The van der Waals surface area contributed by atoms with E-state index in [1.165, 1.54) is 7.11 Å². The lowest BCUT2D eigenvalue weighted by Gasteiger charge is -2.25. The summed E-state index contributed by atoms with van der Waals surface area (Å²) in [4.78, 5) is 28.8. The van der Waals surface area contributed by atoms with Crippen molar-refractivity contribution in [3.05, 3.63) is 35.7 Å². The normalized spacial score (nSPS) is 14.8. The first-order valence-electron chi connectivity index (χ1n) is 6.11. The van der Waals surface area contributed by atoms with Crippen LogP contribution >= 0.6 is 0 Å². The molecule has 1 amide bonds. The van der Waals surface area contributed by atoms with Crippen LogP contribution in [0.1, 0.15) is 29.4 Å². The summed E-state index contributed by atoms with van der Waals surface area (Å²) in [6, 6.07) is 3.35. The molecule has 5 heteroatoms. The van der Waals surface area contributed by atoms with Crippen molar-refractivity contribution in [3.63, 3.8) is 0 Å². The smallest absolute Gasteiger partial charge is 0.337 e. The van der Waals surface area contributed by atoms with E-state index in [1.807, 2.05) is 6.08 Å². The first kappa shape index (κ1) is 13.3. The third kappa shape index (κ3) is 2.99. The van der Waals surface area contributed by atoms with Gasteiger partial charge in [-0.3, -0.25) is 9.78 Å². The summed E-state index contributed by atoms with van der Waals surface area (Å²) >= 11 is 0. The van der Waals surface area contributed by atoms with Gasteiger partial charge < -0.3 is 9.64 Å². The number of carbonyl (C=O) groups is 2. The van der Waals surface area contributed by atoms with E-state index < -0.39 is 0 Å². The summed E-state index contributed by atoms with van der Waals surface area (Å²) in [5.41, 5.74) is 2.32. The van der Waals surface area contributed by atoms with Crippen LogP contribution in [-0.2, 0) is 9.53 Å². The van der Waals surface area contributed by atoms with Gasteiger partial charge in [-0.05, 0) is 24.1 Å². The van der Waals surface area contributed by atoms with Crippen molar-refractivity contribution in [2.75, 3.05) is 20.2 Å². The molecule has 0 unspecified atom stereocenters. The van der Waals surface area contributed by atoms with Crippen LogP contribution in [0.5, 0.6) is 0 Å². The second-order valence-corrected chi connectivity index (χ2v) is 4.37. The standard InChI is InChI=1S/C14H16N2O3/c1-10(17)16-7-4-11(5-8-16)13-9-12(3-6-15-13)14(18)19-2/h3-4,6,9H,5,7-8H2,1-2H3. The largest absolute Gasteiger partial charge is 0.465 e. The zero-order valence-electron chi connectivity index (χ0n) is 11.0. The van der Waals surface area contributed by atoms with Gasteiger partial charge in [-0.1, -0.05) is 6.08 Å². The van der Waals surface area contributed by atoms with Crippen LogP contribution < -0.4 is 0 Å². The van der Waals surface area contributed by atoms with Crippen LogP contribution in [0.4, 0.5) is 0 Å². The van der Waals surface area contributed by atoms with Crippen molar-refractivity contribution < 1.29 is 14.3 Å². The molecule has 0 saturated carbocycles. The van der Waals surface area contributed by atoms with Gasteiger partial charge in [0, 0.05) is 26.2 Å². The molecule has 19 heavy (non-hydrogen) atoms. The molecule has 100 valence electrons. The lowest BCUT2D eigenvalue weighted by atomic mass is 10.0. The molecule has 0 atom stereocenters. The summed E-state index contributed by atoms with van der Waals surface area (Å²) in [6.45, 7) is 2.84. The average molecular weight is 260 g/mol. The van der Waals surface area contributed by atoms with E-state index >= 15 is 0 Å². The first-order valence-corrected chi connectivity index (χ1v) is 6.11. The molecule has 1 aromatic heterocycles. The Morgan fingerprint density at radius 3 is 2.79 bits per heavy atom. The predicted octanol–water partition coefficient (Wildman–Crippen LogP) is 1.50. The Morgan fingerprint density at radius 1 is 1.42 bits per heavy atom. The van der Waals surface area contributed by atoms with Gasteiger partial charge in [0.25, 0.3) is 0 Å². The second kappa shape index (κ2) is 5.65. The molecule has 2 heterocycles. The molecule has 1 aliphatic heterocycles. The van der Waals surface area contributed by atoms with Gasteiger partial charge in [0.2, 0.25) is 5.91 Å². The number of carbonyl (C=O) groups excluding carboxylic acids is 2. The molecule has 2 rings (SSSR count). The van der Waals surface area contributed by atoms with Crippen molar-refractivity contribution in [1.29, 1.82) is 0 Å². The molecule has 0 bridgehead atoms. The number of nitrogens with zero attached hydrogens (tertiary/aromatic N) is 2. The molecular weight excluding hydrogens is 244 g/mol. The van der Waals surface area contributed by atoms with E-state index in [1.54, 1.807) is 30.2 Å². The number of ether oxygens (including phenoxy) is 1. The van der Waals surface area contributed by atoms with Crippen LogP contribution in [0.3, 0.4) is 0 Å². The van der Waals surface area contributed by atoms with Gasteiger partial charge >= 0.3 is 5.97 Å². The predicted molar refractivity (Wildman–Crippen MR) is 70.4 cm³/mol. The topological polar surface area (TPSA) is 59.5 Å². The van der Waals surface area contributed by atoms with E-state index in [2.05, 4.69) is 9.72 Å². The van der Waals surface area contributed by atoms with Crippen LogP contribution in [0.15, 0.2) is 24.4 Å². The lowest BCUT2D eigenvalue weighted by molar-refractivity contribution is -0.128. The number of pyridine rings is 1. The fraction of sp³-hybridized carbons (Fsp3) is 0.357. The van der Waals surface area contributed by atoms with Crippen LogP contribution in [0.2, 0.25) is 0 Å². The molecule has 0 fully saturated rings. The summed E-state index contributed by atoms with van der Waals surface area (Å²) in [6.07, 6.45) is 4.32. The molecule has 0 saturated heterocycles. The third-order valence-electron chi connectivity index (χ3n) is 3.16. The minimum absolute atomic E-state index is 0.0755. The van der Waals surface area contributed by atoms with Crippen LogP contribution in [0, 0.1) is 0 Å². The minimum atomic E-state index is -0.370. The summed E-state index contributed by atoms with van der Waals surface area (Å²) in [5, 5.41) is 0. The molecule has 0 radical (unpaired) electrons. The Labute approximate surface area is 111 Å². The SMILES string of the molecule is COC(=O)c1ccnc(C2=CCN(C(C)=O)CC2)c1. The Morgan fingerprint density at radius 2 is 2.21 bits per heavy atom. The Balaban J connectivity index is 2.19. The van der Waals surface area contributed by atoms with Crippen molar-refractivity contribution in [3.8, 4) is 0 Å². The summed E-state index contributed by atoms with van der Waals surface area (Å²) in [5.74, 6) is -0.294. The Kier molecular flexibility index (Phi) is 3.94. The third-order valence-corrected chi connectivity index (χ3v) is 3.16. The Bertz CT molecular complexity index is 537. The highest BCUT2D eigenvalue weighted by Gasteiger charge is 2.16. The van der Waals surface area contributed by atoms with E-state index in [4.69, 9.17) is 0 Å². The highest BCUT2D eigenvalue weighted by atomic mass is 16.5. The fourth-order valence-corrected chi connectivity index (χ4v) is 2.04. The molecular formula is C14H16N2O3. The molecule has 0 aromatic carbocycles. The van der Waals surface area contributed by atoms with Crippen molar-refractivity contribution >= 4 is 17.4 Å². The molecule has 1 aromatic rings. The average Bonchev–Trinajstić information content (AvgIpc) is 2.46. The van der Waals surface area contributed by atoms with Crippen molar-refractivity contribution in [1.82, 2.24) is 9.88 Å². The summed E-state index contributed by atoms with van der Waals surface area (Å²) < 4.78 is 4.69. The van der Waals surface area contributed by atoms with Gasteiger partial charge in [0.15, 0.2) is 0 Å². The monoisotopic (exact) mass is 260 g/mol. The van der Waals surface area contributed by atoms with E-state index in [0.29, 0.717) is 18.7 Å². The maximum Gasteiger partial charge on any atom is 0.337 e. The molecule has 0 spiro atoms. The van der Waals surface area contributed by atoms with Crippen LogP contribution in [-0.4, -0.2) is 42.0 Å². The molecule has 5 nitrogen and oxygen atoms in total. The van der Waals surface area contributed by atoms with Gasteiger partial charge in [-0.25, -0.2) is 4.79 Å². The number of hydrogen-bond acceptors (Lipinski definition) is 4. The molecule has 0 aliphatic carbocycles. The molecule has 1 aliphatic rings. The van der Waals surface area contributed by atoms with Gasteiger partial charge in [0.1, 0.15) is 0 Å². The zero-order valence-corrected chi connectivity index (χ0v) is 11.0. The van der Waals surface area contributed by atoms with Crippen LogP contribution in [0.25, 0.3) is 5.57 Å². The number of methoxy groups -OCH3 is 1. The number of aromatic nitrogens is 1. The highest BCUT2D eigenvalue weighted by molar-refractivity contribution is 5.90. The second-order valence-electron chi connectivity index (χ2n) is 4.37. The maximum absolute atomic E-state index is 11.5. The number of amides is 1. The van der Waals surface area contributed by atoms with E-state index in [9.17, 15) is 9.59 Å². The lowest BCUT2D eigenvalue weighted by Crippen LogP contribution is -2.32. The van der Waals surface area contributed by atoms with E-state index in [0.717, 1.165) is 17.7 Å². The maximum atomic E-state index is 11.5. The zero-order chi connectivity index (χ0) is 13.8. The highest BCUT2D eigenvalue weighted by Crippen LogP contribution is 2.21. The van der Waals surface area contributed by atoms with Gasteiger partial charge in [-0.2, -0.15) is 0 Å². The summed E-state index contributed by atoms with van der Waals surface area (Å²) in [7, 11) is 1.35. The number of hydrogen-bond donors (Lipinski definition) is 0. The van der Waals surface area contributed by atoms with Crippen molar-refractivity contribution in [2.45, 2.75) is 13.3 Å². The van der Waals surface area contributed by atoms with Crippen molar-refractivity contribution in [2.24, 2.45) is 0 Å².